The van der Waals surface area contributed by atoms with Crippen molar-refractivity contribution in [2.24, 2.45) is 11.8 Å². The summed E-state index contributed by atoms with van der Waals surface area (Å²) in [6.07, 6.45) is -4.38. The lowest BCUT2D eigenvalue weighted by Gasteiger charge is -2.18. The Morgan fingerprint density at radius 2 is 1.65 bits per heavy atom. The van der Waals surface area contributed by atoms with E-state index in [1.54, 1.807) is 18.7 Å². The number of carbonyl (C=O) groups excluding carboxylic acids is 3. The quantitative estimate of drug-likeness (QED) is 0.322. The van der Waals surface area contributed by atoms with Crippen molar-refractivity contribution >= 4 is 33.4 Å². The maximum Gasteiger partial charge on any atom is 0.472 e. The molecule has 1 aromatic rings. The van der Waals surface area contributed by atoms with E-state index in [-0.39, 0.29) is 28.3 Å². The molecule has 1 aromatic carbocycles. The molecule has 2 unspecified atom stereocenters. The zero-order chi connectivity index (χ0) is 23.8. The fraction of sp³-hybridized carbons (Fsp3) is 0.471. The van der Waals surface area contributed by atoms with E-state index >= 15 is 0 Å². The fourth-order valence-corrected chi connectivity index (χ4v) is 3.28. The molecular formula is C17H24F3N5O5S. The Bertz CT molecular complexity index is 890. The second-order valence-corrected chi connectivity index (χ2v) is 8.23. The molecule has 174 valence electrons. The van der Waals surface area contributed by atoms with Crippen LogP contribution in [0.3, 0.4) is 0 Å². The van der Waals surface area contributed by atoms with Crippen LogP contribution in [0.2, 0.25) is 0 Å². The van der Waals surface area contributed by atoms with E-state index in [0.717, 1.165) is 17.6 Å². The molecule has 0 aliphatic carbocycles. The highest BCUT2D eigenvalue weighted by Gasteiger charge is 2.38. The van der Waals surface area contributed by atoms with Crippen molar-refractivity contribution < 1.29 is 36.0 Å². The Labute approximate surface area is 177 Å². The molecule has 0 saturated carbocycles. The van der Waals surface area contributed by atoms with E-state index in [2.05, 4.69) is 10.6 Å². The lowest BCUT2D eigenvalue weighted by Crippen LogP contribution is -2.52. The molecule has 2 atom stereocenters. The van der Waals surface area contributed by atoms with Crippen molar-refractivity contribution in [1.82, 2.24) is 21.1 Å². The molecule has 0 saturated heterocycles. The monoisotopic (exact) mass is 467 g/mol. The van der Waals surface area contributed by atoms with Gasteiger partial charge in [-0.25, -0.2) is 8.42 Å². The molecule has 0 bridgehead atoms. The minimum atomic E-state index is -5.19. The lowest BCUT2D eigenvalue weighted by molar-refractivity contribution is -0.174. The van der Waals surface area contributed by atoms with Crippen LogP contribution in [-0.2, 0) is 24.4 Å². The Balaban J connectivity index is 2.72. The van der Waals surface area contributed by atoms with Gasteiger partial charge in [-0.2, -0.15) is 18.7 Å². The number of sulfonamides is 1. The van der Waals surface area contributed by atoms with Gasteiger partial charge in [0.25, 0.3) is 10.0 Å². The summed E-state index contributed by atoms with van der Waals surface area (Å²) in [4.78, 5) is 36.0. The number of carbonyl (C=O) groups is 3. The smallest absolute Gasteiger partial charge is 0.359 e. The molecule has 3 amide bonds. The zero-order valence-electron chi connectivity index (χ0n) is 17.0. The van der Waals surface area contributed by atoms with Gasteiger partial charge < -0.3 is 10.6 Å². The standard InChI is InChI=1S/C17H24F3N5O5S/c1-4-11(9-10(2)14(26)21-3)15(27)22-12-5-7-13(8-6-12)31(29,30)25-24-23-16(28)17(18,19)20/h5-8,10-11,24-25H,4,9H2,1-3H3,(H,21,26)(H,22,27)(H,23,28). The average molecular weight is 467 g/mol. The molecule has 0 heterocycles. The first-order chi connectivity index (χ1) is 14.3. The predicted octanol–water partition coefficient (Wildman–Crippen LogP) is 0.800. The summed E-state index contributed by atoms with van der Waals surface area (Å²) >= 11 is 0. The number of hydrogen-bond acceptors (Lipinski definition) is 6. The van der Waals surface area contributed by atoms with Crippen molar-refractivity contribution in [3.63, 3.8) is 0 Å². The molecule has 0 radical (unpaired) electrons. The van der Waals surface area contributed by atoms with Crippen LogP contribution < -0.4 is 26.4 Å². The Morgan fingerprint density at radius 1 is 1.06 bits per heavy atom. The van der Waals surface area contributed by atoms with Crippen molar-refractivity contribution in [2.45, 2.75) is 37.8 Å². The number of hydrogen-bond donors (Lipinski definition) is 5. The van der Waals surface area contributed by atoms with Crippen molar-refractivity contribution in [1.29, 1.82) is 0 Å². The summed E-state index contributed by atoms with van der Waals surface area (Å²) in [5, 5.41) is 5.14. The van der Waals surface area contributed by atoms with Crippen LogP contribution in [0, 0.1) is 11.8 Å². The molecule has 0 aliphatic rings. The minimum Gasteiger partial charge on any atom is -0.359 e. The van der Waals surface area contributed by atoms with Gasteiger partial charge in [0.15, 0.2) is 0 Å². The number of benzene rings is 1. The van der Waals surface area contributed by atoms with Crippen LogP contribution in [0.15, 0.2) is 29.2 Å². The molecule has 0 fully saturated rings. The third-order valence-electron chi connectivity index (χ3n) is 4.25. The van der Waals surface area contributed by atoms with Crippen molar-refractivity contribution in [3.8, 4) is 0 Å². The van der Waals surface area contributed by atoms with E-state index in [0.29, 0.717) is 12.8 Å². The summed E-state index contributed by atoms with van der Waals surface area (Å²) in [6, 6.07) is 4.80. The molecule has 0 aliphatic heterocycles. The summed E-state index contributed by atoms with van der Waals surface area (Å²) in [5.74, 6) is -3.73. The first kappa shape index (κ1) is 26.3. The van der Waals surface area contributed by atoms with Gasteiger partial charge in [-0.3, -0.25) is 19.8 Å². The van der Waals surface area contributed by atoms with E-state index in [1.807, 2.05) is 0 Å². The Hall–Kier alpha value is -2.71. The number of amides is 3. The van der Waals surface area contributed by atoms with E-state index in [1.165, 1.54) is 24.7 Å². The van der Waals surface area contributed by atoms with Crippen LogP contribution in [0.25, 0.3) is 0 Å². The van der Waals surface area contributed by atoms with Gasteiger partial charge in [0.1, 0.15) is 0 Å². The van der Waals surface area contributed by atoms with Gasteiger partial charge in [-0.1, -0.05) is 13.8 Å². The van der Waals surface area contributed by atoms with Crippen molar-refractivity contribution in [3.05, 3.63) is 24.3 Å². The predicted molar refractivity (Wildman–Crippen MR) is 104 cm³/mol. The topological polar surface area (TPSA) is 146 Å². The molecule has 31 heavy (non-hydrogen) atoms. The van der Waals surface area contributed by atoms with Gasteiger partial charge in [0.05, 0.1) is 4.90 Å². The normalized spacial score (nSPS) is 13.7. The number of anilines is 1. The van der Waals surface area contributed by atoms with Gasteiger partial charge >= 0.3 is 12.1 Å². The maximum atomic E-state index is 12.4. The minimum absolute atomic E-state index is 0.187. The summed E-state index contributed by atoms with van der Waals surface area (Å²) in [6.45, 7) is 3.50. The first-order valence-corrected chi connectivity index (χ1v) is 10.6. The van der Waals surface area contributed by atoms with E-state index < -0.39 is 28.0 Å². The largest absolute Gasteiger partial charge is 0.472 e. The fourth-order valence-electron chi connectivity index (χ4n) is 2.48. The second kappa shape index (κ2) is 11.1. The van der Waals surface area contributed by atoms with Crippen LogP contribution in [-0.4, -0.2) is 39.4 Å². The van der Waals surface area contributed by atoms with E-state index in [9.17, 15) is 36.0 Å². The summed E-state index contributed by atoms with van der Waals surface area (Å²) in [5.41, 5.74) is 2.90. The van der Waals surface area contributed by atoms with Gasteiger partial charge in [0, 0.05) is 24.6 Å². The molecule has 14 heteroatoms. The van der Waals surface area contributed by atoms with Crippen LogP contribution in [0.1, 0.15) is 26.7 Å². The van der Waals surface area contributed by atoms with Crippen LogP contribution in [0.5, 0.6) is 0 Å². The second-order valence-electron chi connectivity index (χ2n) is 6.55. The first-order valence-electron chi connectivity index (χ1n) is 9.08. The van der Waals surface area contributed by atoms with Gasteiger partial charge in [-0.15, -0.1) is 4.83 Å². The molecule has 10 nitrogen and oxygen atoms in total. The highest BCUT2D eigenvalue weighted by Crippen LogP contribution is 2.20. The Morgan fingerprint density at radius 3 is 2.13 bits per heavy atom. The molecule has 0 spiro atoms. The van der Waals surface area contributed by atoms with E-state index in [4.69, 9.17) is 0 Å². The van der Waals surface area contributed by atoms with Crippen LogP contribution >= 0.6 is 0 Å². The number of nitrogens with one attached hydrogen (secondary N) is 5. The van der Waals surface area contributed by atoms with Crippen molar-refractivity contribution in [2.75, 3.05) is 12.4 Å². The zero-order valence-corrected chi connectivity index (χ0v) is 17.8. The number of hydrazine groups is 2. The summed E-state index contributed by atoms with van der Waals surface area (Å²) < 4.78 is 60.3. The summed E-state index contributed by atoms with van der Waals surface area (Å²) in [7, 11) is -2.79. The third-order valence-corrected chi connectivity index (χ3v) is 5.51. The molecule has 1 rings (SSSR count). The molecule has 5 N–H and O–H groups in total. The van der Waals surface area contributed by atoms with Crippen LogP contribution in [0.4, 0.5) is 18.9 Å². The SMILES string of the molecule is CCC(CC(C)C(=O)NC)C(=O)Nc1ccc(S(=O)(=O)NNNC(=O)C(F)(F)F)cc1. The average Bonchev–Trinajstić information content (AvgIpc) is 2.70. The number of alkyl halides is 3. The maximum absolute atomic E-state index is 12.4. The van der Waals surface area contributed by atoms with Gasteiger partial charge in [0.2, 0.25) is 11.8 Å². The third kappa shape index (κ3) is 8.15. The highest BCUT2D eigenvalue weighted by atomic mass is 32.2. The number of rotatable bonds is 10. The Kier molecular flexibility index (Phi) is 9.40. The van der Waals surface area contributed by atoms with Gasteiger partial charge in [-0.05, 0) is 37.1 Å². The lowest BCUT2D eigenvalue weighted by atomic mass is 9.92. The molecule has 0 aromatic heterocycles. The highest BCUT2D eigenvalue weighted by molar-refractivity contribution is 7.89. The molecular weight excluding hydrogens is 443 g/mol. The number of halogens is 3.